The summed E-state index contributed by atoms with van der Waals surface area (Å²) in [4.78, 5) is 22.8. The predicted octanol–water partition coefficient (Wildman–Crippen LogP) is 3.60. The maximum atomic E-state index is 14.0. The molecule has 4 aliphatic heterocycles. The molecule has 3 saturated heterocycles. The first-order chi connectivity index (χ1) is 20.5. The minimum absolute atomic E-state index is 0.0865. The number of alkyl halides is 2. The molecule has 7 rings (SSSR count). The Labute approximate surface area is 252 Å². The van der Waals surface area contributed by atoms with E-state index in [1.165, 1.54) is 33.8 Å². The number of hydrogen-bond donors (Lipinski definition) is 1. The Hall–Kier alpha value is -3.31. The van der Waals surface area contributed by atoms with E-state index < -0.39 is 40.1 Å². The number of nitrogens with one attached hydrogen (secondary N) is 1. The van der Waals surface area contributed by atoms with Gasteiger partial charge in [0.1, 0.15) is 11.9 Å². The van der Waals surface area contributed by atoms with Crippen LogP contribution in [0.25, 0.3) is 5.57 Å². The normalized spacial score (nSPS) is 23.6. The highest BCUT2D eigenvalue weighted by Crippen LogP contribution is 2.47. The number of nitrogens with zero attached hydrogens (tertiary/aromatic N) is 6. The van der Waals surface area contributed by atoms with Gasteiger partial charge in [0.15, 0.2) is 10.8 Å². The van der Waals surface area contributed by atoms with Gasteiger partial charge in [-0.25, -0.2) is 14.1 Å². The van der Waals surface area contributed by atoms with Crippen molar-refractivity contribution < 1.29 is 31.1 Å². The van der Waals surface area contributed by atoms with Gasteiger partial charge >= 0.3 is 12.5 Å². The van der Waals surface area contributed by atoms with Gasteiger partial charge in [-0.15, -0.1) is 11.3 Å². The van der Waals surface area contributed by atoms with E-state index in [0.29, 0.717) is 32.4 Å². The molecule has 3 aromatic rings. The molecule has 43 heavy (non-hydrogen) atoms. The molecule has 0 radical (unpaired) electrons. The Balaban J connectivity index is 1.27. The van der Waals surface area contributed by atoms with Gasteiger partial charge in [-0.3, -0.25) is 9.79 Å². The average molecular weight is 654 g/mol. The first-order valence-electron chi connectivity index (χ1n) is 13.2. The number of cyclic esters (lactones) is 1. The fourth-order valence-electron chi connectivity index (χ4n) is 6.03. The van der Waals surface area contributed by atoms with Crippen LogP contribution in [0.2, 0.25) is 5.02 Å². The number of rotatable bonds is 7. The zero-order chi connectivity index (χ0) is 30.1. The number of aromatic nitrogens is 3. The number of hydrogen-bond acceptors (Lipinski definition) is 9. The molecule has 11 nitrogen and oxygen atoms in total. The molecular formula is C26H23ClF3N7O4S2. The molecule has 0 unspecified atom stereocenters. The number of aliphatic imine (C=N–C) groups is 1. The first kappa shape index (κ1) is 28.5. The fraction of sp³-hybridized carbons (Fsp3) is 0.385. The summed E-state index contributed by atoms with van der Waals surface area (Å²) in [6.07, 6.45) is 3.11. The van der Waals surface area contributed by atoms with Gasteiger partial charge in [-0.05, 0) is 18.2 Å². The highest BCUT2D eigenvalue weighted by molar-refractivity contribution is 7.87. The highest BCUT2D eigenvalue weighted by Gasteiger charge is 2.54. The molecule has 4 aliphatic rings. The van der Waals surface area contributed by atoms with Gasteiger partial charge in [-0.2, -0.15) is 31.3 Å². The van der Waals surface area contributed by atoms with E-state index in [4.69, 9.17) is 21.3 Å². The van der Waals surface area contributed by atoms with Crippen LogP contribution in [-0.2, 0) is 19.7 Å². The molecule has 226 valence electrons. The second kappa shape index (κ2) is 10.4. The van der Waals surface area contributed by atoms with Crippen molar-refractivity contribution >= 4 is 50.5 Å². The summed E-state index contributed by atoms with van der Waals surface area (Å²) in [7, 11) is -3.94. The zero-order valence-electron chi connectivity index (χ0n) is 22.2. The fourth-order valence-corrected chi connectivity index (χ4v) is 8.56. The lowest BCUT2D eigenvalue weighted by atomic mass is 9.81. The lowest BCUT2D eigenvalue weighted by molar-refractivity contribution is -0.137. The van der Waals surface area contributed by atoms with Crippen molar-refractivity contribution in [1.29, 1.82) is 0 Å². The summed E-state index contributed by atoms with van der Waals surface area (Å²) in [5.41, 5.74) is 1.18. The Morgan fingerprint density at radius 1 is 1.23 bits per heavy atom. The van der Waals surface area contributed by atoms with Gasteiger partial charge < -0.3 is 9.64 Å². The highest BCUT2D eigenvalue weighted by atomic mass is 35.5. The maximum Gasteiger partial charge on any atom is 0.333 e. The molecule has 0 amide bonds. The molecule has 6 heterocycles. The van der Waals surface area contributed by atoms with E-state index in [2.05, 4.69) is 14.8 Å². The topological polar surface area (TPSA) is 122 Å². The SMILES string of the molecule is O=C1CC2(CO1)CN(S(=O)(=O)N[C@H]1CC3=C(c4ccn(C(F)F)n4)[C@H](c4ccc(F)cc4Cl)N=C(c4nccs4)N3C1)C2. The van der Waals surface area contributed by atoms with Gasteiger partial charge in [0.2, 0.25) is 0 Å². The van der Waals surface area contributed by atoms with Crippen molar-refractivity contribution in [2.75, 3.05) is 26.2 Å². The minimum Gasteiger partial charge on any atom is -0.465 e. The Morgan fingerprint density at radius 2 is 2.05 bits per heavy atom. The van der Waals surface area contributed by atoms with Crippen LogP contribution in [0.4, 0.5) is 13.2 Å². The molecular weight excluding hydrogens is 631 g/mol. The lowest BCUT2D eigenvalue weighted by Gasteiger charge is -2.44. The standard InChI is InChI=1S/C26H23ClF3N7O4S2/c27-17-7-14(28)1-2-16(17)22-21(18-3-5-37(33-18)25(29)30)19-8-15(10-36(19)23(32-22)24-31-4-6-42-24)34-43(39,40)35-11-26(12-35)9-20(38)41-13-26/h1-7,15,22,25,34H,8-13H2/t15-,22-/m0/s1. The van der Waals surface area contributed by atoms with E-state index >= 15 is 0 Å². The third-order valence-corrected chi connectivity index (χ3v) is 10.6. The van der Waals surface area contributed by atoms with Gasteiger partial charge in [0.05, 0.1) is 18.7 Å². The van der Waals surface area contributed by atoms with Crippen LogP contribution in [0.5, 0.6) is 0 Å². The van der Waals surface area contributed by atoms with Crippen LogP contribution in [0.3, 0.4) is 0 Å². The number of ether oxygens (including phenoxy) is 1. The van der Waals surface area contributed by atoms with Crippen LogP contribution in [0, 0.1) is 11.2 Å². The van der Waals surface area contributed by atoms with Crippen LogP contribution in [-0.4, -0.2) is 76.5 Å². The van der Waals surface area contributed by atoms with Crippen molar-refractivity contribution in [3.63, 3.8) is 0 Å². The van der Waals surface area contributed by atoms with Crippen LogP contribution >= 0.6 is 22.9 Å². The second-order valence-electron chi connectivity index (χ2n) is 10.9. The van der Waals surface area contributed by atoms with Crippen molar-refractivity contribution in [2.45, 2.75) is 31.5 Å². The molecule has 1 N–H and O–H groups in total. The van der Waals surface area contributed by atoms with Crippen LogP contribution < -0.4 is 4.72 Å². The third kappa shape index (κ3) is 5.04. The summed E-state index contributed by atoms with van der Waals surface area (Å²) >= 11 is 7.81. The van der Waals surface area contributed by atoms with Gasteiger partial charge in [0, 0.05) is 77.1 Å². The number of halogens is 4. The van der Waals surface area contributed by atoms with Gasteiger partial charge in [-0.1, -0.05) is 17.7 Å². The first-order valence-corrected chi connectivity index (χ1v) is 15.9. The largest absolute Gasteiger partial charge is 0.465 e. The molecule has 1 aromatic carbocycles. The third-order valence-electron chi connectivity index (χ3n) is 7.96. The molecule has 2 atom stereocenters. The van der Waals surface area contributed by atoms with Crippen molar-refractivity contribution in [3.8, 4) is 0 Å². The Morgan fingerprint density at radius 3 is 2.70 bits per heavy atom. The maximum absolute atomic E-state index is 14.0. The van der Waals surface area contributed by atoms with E-state index in [0.717, 1.165) is 12.3 Å². The average Bonchev–Trinajstić information content (AvgIpc) is 3.73. The predicted molar refractivity (Wildman–Crippen MR) is 150 cm³/mol. The van der Waals surface area contributed by atoms with E-state index in [-0.39, 0.29) is 55.8 Å². The summed E-state index contributed by atoms with van der Waals surface area (Å²) in [5.74, 6) is -0.446. The smallest absolute Gasteiger partial charge is 0.333 e. The second-order valence-corrected chi connectivity index (χ2v) is 13.9. The zero-order valence-corrected chi connectivity index (χ0v) is 24.5. The molecule has 0 bridgehead atoms. The molecule has 3 fully saturated rings. The minimum atomic E-state index is -3.94. The van der Waals surface area contributed by atoms with E-state index in [1.807, 2.05) is 4.90 Å². The van der Waals surface area contributed by atoms with Crippen molar-refractivity contribution in [1.82, 2.24) is 28.7 Å². The number of benzene rings is 1. The van der Waals surface area contributed by atoms with E-state index in [9.17, 15) is 26.4 Å². The van der Waals surface area contributed by atoms with Crippen molar-refractivity contribution in [3.05, 3.63) is 74.8 Å². The number of amidine groups is 1. The molecule has 2 aromatic heterocycles. The number of fused-ring (bicyclic) bond motifs is 1. The Kier molecular flexibility index (Phi) is 6.88. The van der Waals surface area contributed by atoms with Gasteiger partial charge in [0.25, 0.3) is 10.2 Å². The van der Waals surface area contributed by atoms with Crippen LogP contribution in [0.1, 0.15) is 41.7 Å². The van der Waals surface area contributed by atoms with Crippen LogP contribution in [0.15, 0.2) is 52.7 Å². The number of esters is 1. The summed E-state index contributed by atoms with van der Waals surface area (Å²) in [6, 6.07) is 3.81. The monoisotopic (exact) mass is 653 g/mol. The molecule has 0 aliphatic carbocycles. The van der Waals surface area contributed by atoms with Crippen molar-refractivity contribution in [2.24, 2.45) is 10.4 Å². The lowest BCUT2D eigenvalue weighted by Crippen LogP contribution is -2.62. The molecule has 1 spiro atoms. The number of thiazole rings is 1. The van der Waals surface area contributed by atoms with E-state index in [1.54, 1.807) is 11.6 Å². The quantitative estimate of drug-likeness (QED) is 0.387. The Bertz CT molecular complexity index is 1770. The summed E-state index contributed by atoms with van der Waals surface area (Å²) < 4.78 is 77.5. The summed E-state index contributed by atoms with van der Waals surface area (Å²) in [5, 5.41) is 6.51. The molecule has 0 saturated carbocycles. The molecule has 17 heteroatoms. The number of carbonyl (C=O) groups excluding carboxylic acids is 1. The number of carbonyl (C=O) groups is 1. The summed E-state index contributed by atoms with van der Waals surface area (Å²) in [6.45, 7) is -2.18.